The van der Waals surface area contributed by atoms with E-state index in [1.807, 2.05) is 18.2 Å². The van der Waals surface area contributed by atoms with Gasteiger partial charge in [-0.3, -0.25) is 9.59 Å². The monoisotopic (exact) mass is 370 g/mol. The normalized spacial score (nSPS) is 17.0. The zero-order valence-corrected chi connectivity index (χ0v) is 15.4. The van der Waals surface area contributed by atoms with Crippen LogP contribution < -0.4 is 5.32 Å². The van der Waals surface area contributed by atoms with Crippen molar-refractivity contribution in [1.29, 1.82) is 0 Å². The quantitative estimate of drug-likeness (QED) is 0.875. The minimum Gasteiger partial charge on any atom is -0.355 e. The van der Waals surface area contributed by atoms with Gasteiger partial charge in [0.1, 0.15) is 0 Å². The lowest BCUT2D eigenvalue weighted by molar-refractivity contribution is -0.126. The van der Waals surface area contributed by atoms with E-state index in [9.17, 15) is 9.59 Å². The second kappa shape index (κ2) is 8.86. The van der Waals surface area contributed by atoms with Crippen molar-refractivity contribution in [1.82, 2.24) is 10.2 Å². The molecule has 2 aromatic rings. The smallest absolute Gasteiger partial charge is 0.255 e. The molecule has 2 aromatic carbocycles. The van der Waals surface area contributed by atoms with Crippen LogP contribution in [-0.2, 0) is 11.2 Å². The molecule has 1 saturated heterocycles. The van der Waals surface area contributed by atoms with E-state index in [4.69, 9.17) is 11.6 Å². The number of hydrogen-bond acceptors (Lipinski definition) is 2. The third-order valence-corrected chi connectivity index (χ3v) is 5.07. The van der Waals surface area contributed by atoms with Crippen LogP contribution in [0.1, 0.15) is 28.8 Å². The van der Waals surface area contributed by atoms with Gasteiger partial charge in [0.15, 0.2) is 0 Å². The standard InChI is InChI=1S/C21H23ClN2O2/c22-19-11-5-4-10-18(19)21(26)24-14-6-9-17(15-24)20(25)23-13-12-16-7-2-1-3-8-16/h1-5,7-8,10-11,17H,6,9,12-15H2,(H,23,25)/t17-/m0/s1. The van der Waals surface area contributed by atoms with Gasteiger partial charge >= 0.3 is 0 Å². The topological polar surface area (TPSA) is 49.4 Å². The summed E-state index contributed by atoms with van der Waals surface area (Å²) in [6, 6.07) is 17.1. The summed E-state index contributed by atoms with van der Waals surface area (Å²) in [5, 5.41) is 3.46. The van der Waals surface area contributed by atoms with Gasteiger partial charge in [0.25, 0.3) is 5.91 Å². The summed E-state index contributed by atoms with van der Waals surface area (Å²) in [6.07, 6.45) is 2.44. The number of amides is 2. The van der Waals surface area contributed by atoms with Crippen molar-refractivity contribution in [2.45, 2.75) is 19.3 Å². The summed E-state index contributed by atoms with van der Waals surface area (Å²) in [4.78, 5) is 26.9. The Morgan fingerprint density at radius 3 is 2.58 bits per heavy atom. The van der Waals surface area contributed by atoms with Gasteiger partial charge in [0.2, 0.25) is 5.91 Å². The molecule has 0 aliphatic carbocycles. The summed E-state index contributed by atoms with van der Waals surface area (Å²) in [6.45, 7) is 1.72. The van der Waals surface area contributed by atoms with Crippen LogP contribution in [0, 0.1) is 5.92 Å². The van der Waals surface area contributed by atoms with Gasteiger partial charge in [-0.05, 0) is 37.0 Å². The van der Waals surface area contributed by atoms with Crippen molar-refractivity contribution >= 4 is 23.4 Å². The summed E-state index contributed by atoms with van der Waals surface area (Å²) in [7, 11) is 0. The highest BCUT2D eigenvalue weighted by molar-refractivity contribution is 6.33. The van der Waals surface area contributed by atoms with E-state index in [1.165, 1.54) is 5.56 Å². The number of nitrogens with zero attached hydrogens (tertiary/aromatic N) is 1. The lowest BCUT2D eigenvalue weighted by Crippen LogP contribution is -2.45. The number of piperidine rings is 1. The van der Waals surface area contributed by atoms with Crippen molar-refractivity contribution in [3.05, 3.63) is 70.7 Å². The summed E-state index contributed by atoms with van der Waals surface area (Å²) < 4.78 is 0. The number of benzene rings is 2. The fraction of sp³-hybridized carbons (Fsp3) is 0.333. The van der Waals surface area contributed by atoms with Gasteiger partial charge < -0.3 is 10.2 Å². The number of rotatable bonds is 5. The Balaban J connectivity index is 1.53. The number of likely N-dealkylation sites (tertiary alicyclic amines) is 1. The van der Waals surface area contributed by atoms with Crippen molar-refractivity contribution in [3.8, 4) is 0 Å². The zero-order valence-electron chi connectivity index (χ0n) is 14.7. The van der Waals surface area contributed by atoms with Crippen molar-refractivity contribution in [3.63, 3.8) is 0 Å². The number of hydrogen-bond donors (Lipinski definition) is 1. The van der Waals surface area contributed by atoms with E-state index in [-0.39, 0.29) is 17.7 Å². The largest absolute Gasteiger partial charge is 0.355 e. The van der Waals surface area contributed by atoms with E-state index in [0.717, 1.165) is 19.3 Å². The lowest BCUT2D eigenvalue weighted by atomic mass is 9.96. The van der Waals surface area contributed by atoms with E-state index in [1.54, 1.807) is 29.2 Å². The van der Waals surface area contributed by atoms with E-state index < -0.39 is 0 Å². The molecule has 0 saturated carbocycles. The molecule has 2 amide bonds. The van der Waals surface area contributed by atoms with Gasteiger partial charge in [-0.1, -0.05) is 54.1 Å². The van der Waals surface area contributed by atoms with E-state index in [0.29, 0.717) is 30.2 Å². The van der Waals surface area contributed by atoms with Crippen LogP contribution in [0.15, 0.2) is 54.6 Å². The Labute approximate surface area is 159 Å². The molecule has 26 heavy (non-hydrogen) atoms. The van der Waals surface area contributed by atoms with Gasteiger partial charge in [-0.25, -0.2) is 0 Å². The Bertz CT molecular complexity index is 764. The maximum absolute atomic E-state index is 12.7. The third-order valence-electron chi connectivity index (χ3n) is 4.74. The molecular formula is C21H23ClN2O2. The first-order chi connectivity index (χ1) is 12.6. The van der Waals surface area contributed by atoms with Crippen LogP contribution in [0.4, 0.5) is 0 Å². The van der Waals surface area contributed by atoms with Crippen molar-refractivity contribution in [2.75, 3.05) is 19.6 Å². The minimum atomic E-state index is -0.161. The summed E-state index contributed by atoms with van der Waals surface area (Å²) >= 11 is 6.14. The first kappa shape index (κ1) is 18.5. The molecule has 0 radical (unpaired) electrons. The Kier molecular flexibility index (Phi) is 6.29. The van der Waals surface area contributed by atoms with E-state index >= 15 is 0 Å². The average Bonchev–Trinajstić information content (AvgIpc) is 2.69. The Morgan fingerprint density at radius 2 is 1.81 bits per heavy atom. The van der Waals surface area contributed by atoms with Crippen molar-refractivity contribution in [2.24, 2.45) is 5.92 Å². The zero-order chi connectivity index (χ0) is 18.4. The van der Waals surface area contributed by atoms with Crippen LogP contribution >= 0.6 is 11.6 Å². The number of carbonyl (C=O) groups excluding carboxylic acids is 2. The van der Waals surface area contributed by atoms with Gasteiger partial charge in [0.05, 0.1) is 16.5 Å². The molecular weight excluding hydrogens is 348 g/mol. The highest BCUT2D eigenvalue weighted by Crippen LogP contribution is 2.22. The molecule has 0 unspecified atom stereocenters. The lowest BCUT2D eigenvalue weighted by Gasteiger charge is -2.32. The van der Waals surface area contributed by atoms with Crippen molar-refractivity contribution < 1.29 is 9.59 Å². The number of nitrogens with one attached hydrogen (secondary N) is 1. The predicted molar refractivity (Wildman–Crippen MR) is 103 cm³/mol. The van der Waals surface area contributed by atoms with E-state index in [2.05, 4.69) is 17.4 Å². The molecule has 5 heteroatoms. The molecule has 1 aliphatic heterocycles. The second-order valence-corrected chi connectivity index (χ2v) is 7.00. The fourth-order valence-electron chi connectivity index (χ4n) is 3.30. The van der Waals surface area contributed by atoms with Gasteiger partial charge in [-0.2, -0.15) is 0 Å². The molecule has 0 spiro atoms. The molecule has 1 atom stereocenters. The predicted octanol–water partition coefficient (Wildman–Crippen LogP) is 3.55. The molecule has 4 nitrogen and oxygen atoms in total. The average molecular weight is 371 g/mol. The number of carbonyl (C=O) groups is 2. The van der Waals surface area contributed by atoms with Gasteiger partial charge in [0, 0.05) is 19.6 Å². The maximum atomic E-state index is 12.7. The van der Waals surface area contributed by atoms with Crippen LogP contribution in [0.3, 0.4) is 0 Å². The molecule has 1 N–H and O–H groups in total. The van der Waals surface area contributed by atoms with Crippen LogP contribution in [0.2, 0.25) is 5.02 Å². The van der Waals surface area contributed by atoms with Crippen LogP contribution in [0.25, 0.3) is 0 Å². The molecule has 0 aromatic heterocycles. The van der Waals surface area contributed by atoms with Crippen LogP contribution in [0.5, 0.6) is 0 Å². The molecule has 1 aliphatic rings. The highest BCUT2D eigenvalue weighted by Gasteiger charge is 2.29. The Morgan fingerprint density at radius 1 is 1.08 bits per heavy atom. The third kappa shape index (κ3) is 4.64. The molecule has 1 fully saturated rings. The summed E-state index contributed by atoms with van der Waals surface area (Å²) in [5.74, 6) is -0.235. The second-order valence-electron chi connectivity index (χ2n) is 6.60. The SMILES string of the molecule is O=C(NCCc1ccccc1)[C@H]1CCCN(C(=O)c2ccccc2Cl)C1. The fourth-order valence-corrected chi connectivity index (χ4v) is 3.52. The Hall–Kier alpha value is -2.33. The van der Waals surface area contributed by atoms with Gasteiger partial charge in [-0.15, -0.1) is 0 Å². The first-order valence-corrected chi connectivity index (χ1v) is 9.38. The minimum absolute atomic E-state index is 0.0255. The molecule has 1 heterocycles. The molecule has 136 valence electrons. The molecule has 0 bridgehead atoms. The maximum Gasteiger partial charge on any atom is 0.255 e. The molecule has 3 rings (SSSR count). The highest BCUT2D eigenvalue weighted by atomic mass is 35.5. The first-order valence-electron chi connectivity index (χ1n) is 9.00. The summed E-state index contributed by atoms with van der Waals surface area (Å²) in [5.41, 5.74) is 1.70. The number of halogens is 1. The van der Waals surface area contributed by atoms with Crippen LogP contribution in [-0.4, -0.2) is 36.3 Å².